The Kier molecular flexibility index (Phi) is 3.31. The molecule has 3 rings (SSSR count). The van der Waals surface area contributed by atoms with Crippen molar-refractivity contribution in [3.8, 4) is 17.0 Å². The molecule has 1 aromatic heterocycles. The average Bonchev–Trinajstić information content (AvgIpc) is 2.75. The first-order valence-electron chi connectivity index (χ1n) is 7.72. The van der Waals surface area contributed by atoms with E-state index >= 15 is 0 Å². The quantitative estimate of drug-likeness (QED) is 0.841. The Balaban J connectivity index is 2.12. The maximum absolute atomic E-state index is 5.95. The number of benzene rings is 1. The second kappa shape index (κ2) is 4.90. The van der Waals surface area contributed by atoms with Gasteiger partial charge >= 0.3 is 0 Å². The highest BCUT2D eigenvalue weighted by molar-refractivity contribution is 5.71. The van der Waals surface area contributed by atoms with Crippen LogP contribution in [-0.2, 0) is 11.8 Å². The van der Waals surface area contributed by atoms with E-state index < -0.39 is 0 Å². The molecule has 3 heteroatoms. The number of imidazole rings is 1. The molecule has 0 amide bonds. The lowest BCUT2D eigenvalue weighted by atomic mass is 9.96. The van der Waals surface area contributed by atoms with Gasteiger partial charge in [-0.15, -0.1) is 0 Å². The molecule has 1 aromatic carbocycles. The number of rotatable bonds is 1. The molecule has 0 fully saturated rings. The summed E-state index contributed by atoms with van der Waals surface area (Å²) in [6.45, 7) is 11.7. The van der Waals surface area contributed by atoms with Crippen LogP contribution in [-0.4, -0.2) is 16.6 Å². The average molecular weight is 284 g/mol. The molecule has 0 aliphatic carbocycles. The van der Waals surface area contributed by atoms with Gasteiger partial charge in [-0.1, -0.05) is 40.7 Å². The fourth-order valence-electron chi connectivity index (χ4n) is 2.64. The van der Waals surface area contributed by atoms with E-state index in [-0.39, 0.29) is 5.41 Å². The van der Waals surface area contributed by atoms with Gasteiger partial charge in [0.05, 0.1) is 12.3 Å². The zero-order chi connectivity index (χ0) is 15.2. The van der Waals surface area contributed by atoms with Crippen molar-refractivity contribution in [2.24, 2.45) is 0 Å². The molecule has 2 heterocycles. The van der Waals surface area contributed by atoms with Crippen molar-refractivity contribution in [2.75, 3.05) is 6.61 Å². The molecule has 0 radical (unpaired) electrons. The van der Waals surface area contributed by atoms with Crippen molar-refractivity contribution < 1.29 is 4.74 Å². The van der Waals surface area contributed by atoms with E-state index in [0.29, 0.717) is 12.5 Å². The Labute approximate surface area is 126 Å². The third-order valence-corrected chi connectivity index (χ3v) is 4.03. The second-order valence-electron chi connectivity index (χ2n) is 7.17. The number of nitrogens with one attached hydrogen (secondary N) is 1. The Hall–Kier alpha value is -1.77. The van der Waals surface area contributed by atoms with Gasteiger partial charge in [-0.25, -0.2) is 4.98 Å². The SMILES string of the molecule is CC(C)c1ccc2c(c1)OCCc1[nH]c(C(C)(C)C)nc1-2. The van der Waals surface area contributed by atoms with Gasteiger partial charge in [-0.3, -0.25) is 0 Å². The van der Waals surface area contributed by atoms with E-state index in [1.807, 2.05) is 0 Å². The highest BCUT2D eigenvalue weighted by atomic mass is 16.5. The van der Waals surface area contributed by atoms with Crippen LogP contribution in [0.4, 0.5) is 0 Å². The highest BCUT2D eigenvalue weighted by Crippen LogP contribution is 2.37. The van der Waals surface area contributed by atoms with Crippen LogP contribution < -0.4 is 4.74 Å². The fraction of sp³-hybridized carbons (Fsp3) is 0.500. The van der Waals surface area contributed by atoms with Gasteiger partial charge in [0, 0.05) is 23.1 Å². The van der Waals surface area contributed by atoms with Crippen LogP contribution in [0.25, 0.3) is 11.3 Å². The Morgan fingerprint density at radius 1 is 1.24 bits per heavy atom. The highest BCUT2D eigenvalue weighted by Gasteiger charge is 2.25. The summed E-state index contributed by atoms with van der Waals surface area (Å²) < 4.78 is 5.95. The van der Waals surface area contributed by atoms with Gasteiger partial charge in [-0.2, -0.15) is 0 Å². The maximum atomic E-state index is 5.95. The molecule has 112 valence electrons. The van der Waals surface area contributed by atoms with Crippen molar-refractivity contribution in [1.29, 1.82) is 0 Å². The summed E-state index contributed by atoms with van der Waals surface area (Å²) in [4.78, 5) is 8.36. The topological polar surface area (TPSA) is 37.9 Å². The molecule has 2 aromatic rings. The lowest BCUT2D eigenvalue weighted by Gasteiger charge is -2.15. The summed E-state index contributed by atoms with van der Waals surface area (Å²) >= 11 is 0. The van der Waals surface area contributed by atoms with Crippen LogP contribution in [0.3, 0.4) is 0 Å². The van der Waals surface area contributed by atoms with Gasteiger partial charge in [0.25, 0.3) is 0 Å². The minimum Gasteiger partial charge on any atom is -0.492 e. The van der Waals surface area contributed by atoms with Crippen molar-refractivity contribution in [3.63, 3.8) is 0 Å². The van der Waals surface area contributed by atoms with Crippen LogP contribution in [0.15, 0.2) is 18.2 Å². The van der Waals surface area contributed by atoms with Crippen LogP contribution in [0.1, 0.15) is 57.6 Å². The van der Waals surface area contributed by atoms with Gasteiger partial charge in [0.1, 0.15) is 11.6 Å². The molecule has 0 saturated heterocycles. The molecule has 0 spiro atoms. The number of hydrogen-bond donors (Lipinski definition) is 1. The molecular weight excluding hydrogens is 260 g/mol. The number of hydrogen-bond acceptors (Lipinski definition) is 2. The molecule has 1 aliphatic heterocycles. The molecule has 3 nitrogen and oxygen atoms in total. The number of ether oxygens (including phenoxy) is 1. The van der Waals surface area contributed by atoms with Crippen LogP contribution in [0, 0.1) is 0 Å². The molecule has 0 bridgehead atoms. The molecule has 0 atom stereocenters. The van der Waals surface area contributed by atoms with Crippen molar-refractivity contribution in [3.05, 3.63) is 35.3 Å². The second-order valence-corrected chi connectivity index (χ2v) is 7.17. The van der Waals surface area contributed by atoms with Gasteiger partial charge < -0.3 is 9.72 Å². The number of nitrogens with zero attached hydrogens (tertiary/aromatic N) is 1. The zero-order valence-corrected chi connectivity index (χ0v) is 13.6. The van der Waals surface area contributed by atoms with E-state index in [1.165, 1.54) is 11.3 Å². The minimum absolute atomic E-state index is 0.0328. The minimum atomic E-state index is 0.0328. The van der Waals surface area contributed by atoms with Crippen molar-refractivity contribution >= 4 is 0 Å². The van der Waals surface area contributed by atoms with E-state index in [1.54, 1.807) is 0 Å². The van der Waals surface area contributed by atoms with Gasteiger partial charge in [-0.05, 0) is 23.6 Å². The Bertz CT molecular complexity index is 662. The van der Waals surface area contributed by atoms with Crippen LogP contribution in [0.2, 0.25) is 0 Å². The number of aromatic nitrogens is 2. The first kappa shape index (κ1) is 14.2. The standard InChI is InChI=1S/C18H24N2O/c1-11(2)12-6-7-13-15(10-12)21-9-8-14-16(13)20-17(19-14)18(3,4)5/h6-7,10-11H,8-9H2,1-5H3,(H,19,20). The summed E-state index contributed by atoms with van der Waals surface area (Å²) in [6, 6.07) is 6.51. The number of fused-ring (bicyclic) bond motifs is 3. The van der Waals surface area contributed by atoms with Crippen LogP contribution in [0.5, 0.6) is 5.75 Å². The van der Waals surface area contributed by atoms with Crippen LogP contribution >= 0.6 is 0 Å². The summed E-state index contributed by atoms with van der Waals surface area (Å²) in [7, 11) is 0. The molecule has 1 aliphatic rings. The predicted molar refractivity (Wildman–Crippen MR) is 86.0 cm³/mol. The zero-order valence-electron chi connectivity index (χ0n) is 13.6. The maximum Gasteiger partial charge on any atom is 0.129 e. The third kappa shape index (κ3) is 2.57. The van der Waals surface area contributed by atoms with Crippen molar-refractivity contribution in [2.45, 2.75) is 52.4 Å². The first-order chi connectivity index (χ1) is 9.86. The largest absolute Gasteiger partial charge is 0.492 e. The Morgan fingerprint density at radius 3 is 2.67 bits per heavy atom. The third-order valence-electron chi connectivity index (χ3n) is 4.03. The lowest BCUT2D eigenvalue weighted by Crippen LogP contribution is -2.13. The lowest BCUT2D eigenvalue weighted by molar-refractivity contribution is 0.324. The normalized spacial score (nSPS) is 14.4. The summed E-state index contributed by atoms with van der Waals surface area (Å²) in [5.74, 6) is 2.52. The van der Waals surface area contributed by atoms with E-state index in [4.69, 9.17) is 9.72 Å². The van der Waals surface area contributed by atoms with E-state index in [2.05, 4.69) is 57.8 Å². The molecular formula is C18H24N2O. The monoisotopic (exact) mass is 284 g/mol. The molecule has 21 heavy (non-hydrogen) atoms. The predicted octanol–water partition coefficient (Wildman–Crippen LogP) is 4.43. The number of H-pyrrole nitrogens is 1. The van der Waals surface area contributed by atoms with Crippen molar-refractivity contribution in [1.82, 2.24) is 9.97 Å². The fourth-order valence-corrected chi connectivity index (χ4v) is 2.64. The first-order valence-corrected chi connectivity index (χ1v) is 7.72. The van der Waals surface area contributed by atoms with E-state index in [0.717, 1.165) is 29.3 Å². The number of aromatic amines is 1. The van der Waals surface area contributed by atoms with Gasteiger partial charge in [0.2, 0.25) is 0 Å². The summed E-state index contributed by atoms with van der Waals surface area (Å²) in [5.41, 5.74) is 4.70. The molecule has 0 saturated carbocycles. The van der Waals surface area contributed by atoms with Gasteiger partial charge in [0.15, 0.2) is 0 Å². The molecule has 0 unspecified atom stereocenters. The summed E-state index contributed by atoms with van der Waals surface area (Å²) in [5, 5.41) is 0. The molecule has 1 N–H and O–H groups in total. The summed E-state index contributed by atoms with van der Waals surface area (Å²) in [6.07, 6.45) is 0.879. The smallest absolute Gasteiger partial charge is 0.129 e. The Morgan fingerprint density at radius 2 is 2.00 bits per heavy atom. The van der Waals surface area contributed by atoms with E-state index in [9.17, 15) is 0 Å².